The highest BCUT2D eigenvalue weighted by Crippen LogP contribution is 1.92. The van der Waals surface area contributed by atoms with Gasteiger partial charge < -0.3 is 5.11 Å². The summed E-state index contributed by atoms with van der Waals surface area (Å²) in [4.78, 5) is 10.1. The minimum absolute atomic E-state index is 0.347. The Morgan fingerprint density at radius 1 is 1.50 bits per heavy atom. The molecule has 0 radical (unpaired) electrons. The topological polar surface area (TPSA) is 61.1 Å². The van der Waals surface area contributed by atoms with Crippen LogP contribution in [0, 0.1) is 11.3 Å². The summed E-state index contributed by atoms with van der Waals surface area (Å²) in [6, 6.07) is 1.52. The highest BCUT2D eigenvalue weighted by molar-refractivity contribution is 5.90. The van der Waals surface area contributed by atoms with Gasteiger partial charge in [0.2, 0.25) is 0 Å². The van der Waals surface area contributed by atoms with Gasteiger partial charge in [-0.1, -0.05) is 5.73 Å². The Morgan fingerprint density at radius 3 is 2.10 bits per heavy atom. The Hall–Kier alpha value is -1.52. The molecule has 0 aliphatic rings. The number of aliphatic carboxylic acids is 1. The van der Waals surface area contributed by atoms with E-state index in [0.717, 1.165) is 0 Å². The van der Waals surface area contributed by atoms with Gasteiger partial charge in [0.05, 0.1) is 0 Å². The Balaban J connectivity index is 4.92. The number of carboxylic acids is 1. The third kappa shape index (κ3) is 2.71. The summed E-state index contributed by atoms with van der Waals surface area (Å²) in [6.07, 6.45) is 0. The summed E-state index contributed by atoms with van der Waals surface area (Å²) < 4.78 is 0. The molecule has 52 valence electrons. The van der Waals surface area contributed by atoms with Crippen LogP contribution in [0.4, 0.5) is 0 Å². The first kappa shape index (κ1) is 8.48. The predicted octanol–water partition coefficient (Wildman–Crippen LogP) is 1.09. The lowest BCUT2D eigenvalue weighted by Gasteiger charge is -1.82. The first-order chi connectivity index (χ1) is 4.57. The second-order valence-electron chi connectivity index (χ2n) is 1.92. The molecule has 0 aromatic rings. The fourth-order valence-corrected chi connectivity index (χ4v) is 0.379. The minimum atomic E-state index is -1.23. The Kier molecular flexibility index (Phi) is 2.96. The summed E-state index contributed by atoms with van der Waals surface area (Å²) in [6.45, 7) is 3.36. The first-order valence-electron chi connectivity index (χ1n) is 2.65. The third-order valence-corrected chi connectivity index (χ3v) is 0.701. The monoisotopic (exact) mass is 137 g/mol. The molecule has 0 aromatic carbocycles. The second kappa shape index (κ2) is 3.49. The molecular weight excluding hydrogens is 130 g/mol. The van der Waals surface area contributed by atoms with Crippen LogP contribution in [0.15, 0.2) is 16.9 Å². The van der Waals surface area contributed by atoms with Crippen molar-refractivity contribution in [2.75, 3.05) is 0 Å². The van der Waals surface area contributed by atoms with Crippen LogP contribution in [-0.2, 0) is 4.79 Å². The molecule has 0 atom stereocenters. The van der Waals surface area contributed by atoms with Crippen molar-refractivity contribution in [3.63, 3.8) is 0 Å². The first-order valence-corrected chi connectivity index (χ1v) is 2.65. The van der Waals surface area contributed by atoms with Gasteiger partial charge in [-0.25, -0.2) is 4.79 Å². The molecule has 3 nitrogen and oxygen atoms in total. The van der Waals surface area contributed by atoms with Crippen LogP contribution >= 0.6 is 0 Å². The van der Waals surface area contributed by atoms with Crippen LogP contribution in [0.3, 0.4) is 0 Å². The van der Waals surface area contributed by atoms with E-state index < -0.39 is 5.97 Å². The number of nitriles is 1. The second-order valence-corrected chi connectivity index (χ2v) is 1.92. The number of rotatable bonds is 1. The van der Waals surface area contributed by atoms with E-state index in [9.17, 15) is 4.79 Å². The molecule has 0 bridgehead atoms. The maximum absolute atomic E-state index is 10.1. The van der Waals surface area contributed by atoms with Crippen LogP contribution in [-0.4, -0.2) is 11.1 Å². The molecular formula is C7H7NO2. The average Bonchev–Trinajstić information content (AvgIpc) is 1.81. The van der Waals surface area contributed by atoms with Gasteiger partial charge in [-0.15, -0.1) is 0 Å². The van der Waals surface area contributed by atoms with E-state index in [4.69, 9.17) is 10.4 Å². The van der Waals surface area contributed by atoms with Gasteiger partial charge in [0.15, 0.2) is 5.57 Å². The third-order valence-electron chi connectivity index (χ3n) is 0.701. The maximum Gasteiger partial charge on any atom is 0.354 e. The van der Waals surface area contributed by atoms with E-state index in [0.29, 0.717) is 5.57 Å². The summed E-state index contributed by atoms with van der Waals surface area (Å²) in [7, 11) is 0. The van der Waals surface area contributed by atoms with Crippen molar-refractivity contribution < 1.29 is 9.90 Å². The van der Waals surface area contributed by atoms with Gasteiger partial charge in [0.25, 0.3) is 0 Å². The molecule has 0 rings (SSSR count). The van der Waals surface area contributed by atoms with Crippen molar-refractivity contribution in [3.05, 3.63) is 16.9 Å². The lowest BCUT2D eigenvalue weighted by molar-refractivity contribution is -0.132. The fourth-order valence-electron chi connectivity index (χ4n) is 0.379. The SMILES string of the molecule is CC(C)=C=C(C#N)C(=O)O. The molecule has 1 N–H and O–H groups in total. The van der Waals surface area contributed by atoms with E-state index in [1.165, 1.54) is 6.07 Å². The Bertz CT molecular complexity index is 247. The standard InChI is InChI=1S/C7H7NO2/c1-5(2)3-6(4-8)7(9)10/h1-2H3,(H,9,10). The molecule has 3 heteroatoms. The molecule has 0 unspecified atom stereocenters. The molecule has 0 spiro atoms. The van der Waals surface area contributed by atoms with E-state index in [1.807, 2.05) is 0 Å². The molecule has 0 saturated carbocycles. The van der Waals surface area contributed by atoms with Crippen LogP contribution in [0.1, 0.15) is 13.8 Å². The fraction of sp³-hybridized carbons (Fsp3) is 0.286. The Morgan fingerprint density at radius 2 is 2.00 bits per heavy atom. The number of hydrogen-bond donors (Lipinski definition) is 1. The lowest BCUT2D eigenvalue weighted by atomic mass is 10.2. The normalized spacial score (nSPS) is 7.30. The van der Waals surface area contributed by atoms with Crippen molar-refractivity contribution >= 4 is 5.97 Å². The number of hydrogen-bond acceptors (Lipinski definition) is 2. The number of carboxylic acid groups (broad SMARTS) is 1. The van der Waals surface area contributed by atoms with Crippen molar-refractivity contribution in [3.8, 4) is 6.07 Å². The predicted molar refractivity (Wildman–Crippen MR) is 35.1 cm³/mol. The van der Waals surface area contributed by atoms with Crippen LogP contribution in [0.2, 0.25) is 0 Å². The average molecular weight is 137 g/mol. The van der Waals surface area contributed by atoms with Gasteiger partial charge >= 0.3 is 5.97 Å². The molecule has 0 aliphatic carbocycles. The zero-order valence-electron chi connectivity index (χ0n) is 5.80. The highest BCUT2D eigenvalue weighted by Gasteiger charge is 2.02. The lowest BCUT2D eigenvalue weighted by Crippen LogP contribution is -1.95. The minimum Gasteiger partial charge on any atom is -0.477 e. The smallest absolute Gasteiger partial charge is 0.354 e. The van der Waals surface area contributed by atoms with E-state index in [2.05, 4.69) is 5.73 Å². The molecule has 10 heavy (non-hydrogen) atoms. The van der Waals surface area contributed by atoms with Gasteiger partial charge in [0.1, 0.15) is 6.07 Å². The highest BCUT2D eigenvalue weighted by atomic mass is 16.4. The van der Waals surface area contributed by atoms with Crippen LogP contribution in [0.5, 0.6) is 0 Å². The maximum atomic E-state index is 10.1. The quantitative estimate of drug-likeness (QED) is 0.334. The number of carbonyl (C=O) groups is 1. The van der Waals surface area contributed by atoms with E-state index in [-0.39, 0.29) is 5.57 Å². The summed E-state index contributed by atoms with van der Waals surface area (Å²) >= 11 is 0. The van der Waals surface area contributed by atoms with Crippen LogP contribution < -0.4 is 0 Å². The summed E-state index contributed by atoms with van der Waals surface area (Å²) in [5, 5.41) is 16.5. The van der Waals surface area contributed by atoms with Gasteiger partial charge in [0, 0.05) is 0 Å². The molecule has 0 aliphatic heterocycles. The van der Waals surface area contributed by atoms with E-state index >= 15 is 0 Å². The molecule has 0 heterocycles. The van der Waals surface area contributed by atoms with Crippen molar-refractivity contribution in [1.82, 2.24) is 0 Å². The van der Waals surface area contributed by atoms with Gasteiger partial charge in [-0.3, -0.25) is 0 Å². The largest absolute Gasteiger partial charge is 0.477 e. The molecule has 0 aromatic heterocycles. The zero-order chi connectivity index (χ0) is 8.15. The van der Waals surface area contributed by atoms with Crippen LogP contribution in [0.25, 0.3) is 0 Å². The summed E-state index contributed by atoms with van der Waals surface area (Å²) in [5.41, 5.74) is 2.73. The van der Waals surface area contributed by atoms with Gasteiger partial charge in [-0.05, 0) is 19.4 Å². The zero-order valence-corrected chi connectivity index (χ0v) is 5.80. The molecule has 0 fully saturated rings. The molecule has 0 saturated heterocycles. The van der Waals surface area contributed by atoms with Crippen molar-refractivity contribution in [2.45, 2.75) is 13.8 Å². The van der Waals surface area contributed by atoms with E-state index in [1.54, 1.807) is 13.8 Å². The van der Waals surface area contributed by atoms with Gasteiger partial charge in [-0.2, -0.15) is 5.26 Å². The Labute approximate surface area is 58.9 Å². The summed E-state index contributed by atoms with van der Waals surface area (Å²) in [5.74, 6) is -1.23. The number of nitrogens with zero attached hydrogens (tertiary/aromatic N) is 1. The molecule has 0 amide bonds. The van der Waals surface area contributed by atoms with Crippen molar-refractivity contribution in [1.29, 1.82) is 5.26 Å². The van der Waals surface area contributed by atoms with Crippen molar-refractivity contribution in [2.24, 2.45) is 0 Å².